The smallest absolute Gasteiger partial charge is 0.407 e. The maximum absolute atomic E-state index is 12.4. The number of anilines is 1. The van der Waals surface area contributed by atoms with Crippen LogP contribution in [0.15, 0.2) is 18.2 Å². The molecular weight excluding hydrogens is 410 g/mol. The number of carbonyl (C=O) groups is 3. The topological polar surface area (TPSA) is 117 Å². The Morgan fingerprint density at radius 2 is 2.00 bits per heavy atom. The minimum atomic E-state index is -0.808. The number of hydrogen-bond donors (Lipinski definition) is 3. The van der Waals surface area contributed by atoms with E-state index >= 15 is 0 Å². The molecule has 9 nitrogen and oxygen atoms in total. The fraction of sp³-hybridized carbons (Fsp3) is 0.565. The molecule has 32 heavy (non-hydrogen) atoms. The molecule has 9 heteroatoms. The number of rotatable bonds is 3. The molecular formula is C23H29N5O4. The van der Waals surface area contributed by atoms with Gasteiger partial charge in [0.15, 0.2) is 0 Å². The highest BCUT2D eigenvalue weighted by Gasteiger charge is 2.42. The quantitative estimate of drug-likeness (QED) is 0.633. The summed E-state index contributed by atoms with van der Waals surface area (Å²) in [6.45, 7) is 1.30. The van der Waals surface area contributed by atoms with Gasteiger partial charge in [-0.3, -0.25) is 19.6 Å². The van der Waals surface area contributed by atoms with Crippen molar-refractivity contribution in [1.29, 1.82) is 0 Å². The van der Waals surface area contributed by atoms with Crippen LogP contribution in [0, 0.1) is 5.41 Å². The molecule has 170 valence electrons. The van der Waals surface area contributed by atoms with Crippen molar-refractivity contribution in [3.05, 3.63) is 23.9 Å². The zero-order valence-corrected chi connectivity index (χ0v) is 18.3. The van der Waals surface area contributed by atoms with E-state index in [9.17, 15) is 19.5 Å². The van der Waals surface area contributed by atoms with Crippen LogP contribution in [-0.4, -0.2) is 56.8 Å². The molecule has 1 aromatic heterocycles. The zero-order valence-electron chi connectivity index (χ0n) is 18.3. The molecule has 2 aliphatic heterocycles. The summed E-state index contributed by atoms with van der Waals surface area (Å²) in [5.41, 5.74) is 2.81. The summed E-state index contributed by atoms with van der Waals surface area (Å²) in [5, 5.41) is 21.0. The van der Waals surface area contributed by atoms with Gasteiger partial charge in [-0.15, -0.1) is 0 Å². The van der Waals surface area contributed by atoms with E-state index in [1.54, 1.807) is 4.90 Å². The van der Waals surface area contributed by atoms with E-state index in [4.69, 9.17) is 0 Å². The number of aromatic nitrogens is 2. The number of likely N-dealkylation sites (tertiary alicyclic amines) is 1. The highest BCUT2D eigenvalue weighted by atomic mass is 16.4. The standard InChI is InChI=1S/C23H29N5O4/c1-27-20-15(19(26-27)16-5-6-18(29)25-21(16)30)3-2-4-17(20)24-14-7-9-23(10-8-14)11-12-28(13-23)22(31)32/h2-4,14,16,24H,5-13H2,1H3,(H,31,32)(H,25,29,30). The number of nitrogens with one attached hydrogen (secondary N) is 2. The van der Waals surface area contributed by atoms with Crippen LogP contribution in [0.25, 0.3) is 10.9 Å². The molecule has 1 saturated carbocycles. The lowest BCUT2D eigenvalue weighted by Crippen LogP contribution is -2.39. The summed E-state index contributed by atoms with van der Waals surface area (Å²) in [6, 6.07) is 6.33. The van der Waals surface area contributed by atoms with Crippen LogP contribution in [0.4, 0.5) is 10.5 Å². The predicted molar refractivity (Wildman–Crippen MR) is 118 cm³/mol. The third-order valence-electron chi connectivity index (χ3n) is 7.58. The minimum Gasteiger partial charge on any atom is -0.465 e. The largest absolute Gasteiger partial charge is 0.465 e. The molecule has 5 rings (SSSR count). The van der Waals surface area contributed by atoms with Gasteiger partial charge < -0.3 is 15.3 Å². The monoisotopic (exact) mass is 439 g/mol. The van der Waals surface area contributed by atoms with Gasteiger partial charge in [0.25, 0.3) is 0 Å². The highest BCUT2D eigenvalue weighted by Crippen LogP contribution is 2.44. The molecule has 1 spiro atoms. The molecule has 2 saturated heterocycles. The van der Waals surface area contributed by atoms with Crippen molar-refractivity contribution in [3.63, 3.8) is 0 Å². The molecule has 3 amide bonds. The number of imide groups is 1. The van der Waals surface area contributed by atoms with Crippen LogP contribution >= 0.6 is 0 Å². The Bertz CT molecular complexity index is 1090. The first-order valence-electron chi connectivity index (χ1n) is 11.4. The van der Waals surface area contributed by atoms with Crippen molar-refractivity contribution in [2.75, 3.05) is 18.4 Å². The molecule has 3 N–H and O–H groups in total. The van der Waals surface area contributed by atoms with Crippen molar-refractivity contribution < 1.29 is 19.5 Å². The van der Waals surface area contributed by atoms with Gasteiger partial charge in [0.05, 0.1) is 22.8 Å². The molecule has 1 aromatic carbocycles. The number of hydrogen-bond acceptors (Lipinski definition) is 5. The third-order valence-corrected chi connectivity index (χ3v) is 7.58. The van der Waals surface area contributed by atoms with Crippen LogP contribution in [0.3, 0.4) is 0 Å². The Morgan fingerprint density at radius 1 is 1.22 bits per heavy atom. The van der Waals surface area contributed by atoms with Gasteiger partial charge in [-0.25, -0.2) is 4.79 Å². The highest BCUT2D eigenvalue weighted by molar-refractivity contribution is 6.03. The Hall–Kier alpha value is -3.10. The molecule has 3 fully saturated rings. The van der Waals surface area contributed by atoms with Gasteiger partial charge in [-0.1, -0.05) is 12.1 Å². The van der Waals surface area contributed by atoms with Crippen LogP contribution in [-0.2, 0) is 16.6 Å². The van der Waals surface area contributed by atoms with E-state index in [0.29, 0.717) is 32.0 Å². The number of benzene rings is 1. The number of carboxylic acid groups (broad SMARTS) is 1. The van der Waals surface area contributed by atoms with Crippen LogP contribution < -0.4 is 10.6 Å². The fourth-order valence-electron chi connectivity index (χ4n) is 5.79. The number of para-hydroxylation sites is 1. The first kappa shape index (κ1) is 20.8. The number of piperidine rings is 1. The van der Waals surface area contributed by atoms with Gasteiger partial charge in [0.2, 0.25) is 11.8 Å². The molecule has 1 unspecified atom stereocenters. The van der Waals surface area contributed by atoms with Crippen molar-refractivity contribution in [3.8, 4) is 0 Å². The Balaban J connectivity index is 1.33. The fourth-order valence-corrected chi connectivity index (χ4v) is 5.79. The van der Waals surface area contributed by atoms with Gasteiger partial charge >= 0.3 is 6.09 Å². The van der Waals surface area contributed by atoms with Gasteiger partial charge in [0, 0.05) is 38.0 Å². The molecule has 2 aromatic rings. The Labute approximate surface area is 186 Å². The zero-order chi connectivity index (χ0) is 22.5. The molecule has 3 aliphatic rings. The van der Waals surface area contributed by atoms with E-state index in [-0.39, 0.29) is 17.2 Å². The molecule has 1 aliphatic carbocycles. The van der Waals surface area contributed by atoms with E-state index in [1.165, 1.54) is 0 Å². The molecule has 1 atom stereocenters. The lowest BCUT2D eigenvalue weighted by molar-refractivity contribution is -0.134. The Morgan fingerprint density at radius 3 is 2.69 bits per heavy atom. The average Bonchev–Trinajstić information content (AvgIpc) is 3.33. The first-order valence-corrected chi connectivity index (χ1v) is 11.4. The second-order valence-corrected chi connectivity index (χ2v) is 9.59. The lowest BCUT2D eigenvalue weighted by atomic mass is 9.72. The first-order chi connectivity index (χ1) is 15.3. The maximum Gasteiger partial charge on any atom is 0.407 e. The van der Waals surface area contributed by atoms with Gasteiger partial charge in [-0.05, 0) is 50.0 Å². The summed E-state index contributed by atoms with van der Waals surface area (Å²) >= 11 is 0. The molecule has 3 heterocycles. The van der Waals surface area contributed by atoms with Crippen LogP contribution in [0.2, 0.25) is 0 Å². The predicted octanol–water partition coefficient (Wildman–Crippen LogP) is 2.82. The summed E-state index contributed by atoms with van der Waals surface area (Å²) in [4.78, 5) is 36.8. The summed E-state index contributed by atoms with van der Waals surface area (Å²) in [5.74, 6) is -0.914. The van der Waals surface area contributed by atoms with Gasteiger partial charge in [-0.2, -0.15) is 5.10 Å². The average molecular weight is 440 g/mol. The van der Waals surface area contributed by atoms with Crippen molar-refractivity contribution in [2.24, 2.45) is 12.5 Å². The second kappa shape index (κ2) is 7.79. The van der Waals surface area contributed by atoms with Crippen LogP contribution in [0.1, 0.15) is 56.6 Å². The SMILES string of the molecule is Cn1nc(C2CCC(=O)NC2=O)c2cccc(NC3CCC4(CC3)CCN(C(=O)O)C4)c21. The summed E-state index contributed by atoms with van der Waals surface area (Å²) < 4.78 is 1.82. The minimum absolute atomic E-state index is 0.133. The maximum atomic E-state index is 12.4. The van der Waals surface area contributed by atoms with E-state index in [0.717, 1.165) is 54.4 Å². The van der Waals surface area contributed by atoms with E-state index < -0.39 is 12.0 Å². The van der Waals surface area contributed by atoms with E-state index in [2.05, 4.69) is 15.7 Å². The van der Waals surface area contributed by atoms with Crippen LogP contribution in [0.5, 0.6) is 0 Å². The lowest BCUT2D eigenvalue weighted by Gasteiger charge is -2.37. The van der Waals surface area contributed by atoms with Crippen molar-refractivity contribution in [2.45, 2.75) is 56.9 Å². The number of aryl methyl sites for hydroxylation is 1. The number of carbonyl (C=O) groups excluding carboxylic acids is 2. The number of fused-ring (bicyclic) bond motifs is 1. The molecule has 0 radical (unpaired) electrons. The number of nitrogens with zero attached hydrogens (tertiary/aromatic N) is 3. The van der Waals surface area contributed by atoms with Crippen molar-refractivity contribution in [1.82, 2.24) is 20.0 Å². The normalized spacial score (nSPS) is 28.3. The second-order valence-electron chi connectivity index (χ2n) is 9.59. The summed E-state index contributed by atoms with van der Waals surface area (Å²) in [7, 11) is 1.89. The Kier molecular flexibility index (Phi) is 5.06. The van der Waals surface area contributed by atoms with Gasteiger partial charge in [0.1, 0.15) is 0 Å². The number of amides is 3. The van der Waals surface area contributed by atoms with E-state index in [1.807, 2.05) is 29.9 Å². The van der Waals surface area contributed by atoms with Crippen molar-refractivity contribution >= 4 is 34.5 Å². The third kappa shape index (κ3) is 3.59. The summed E-state index contributed by atoms with van der Waals surface area (Å²) in [6.07, 6.45) is 5.01. The molecule has 0 bridgehead atoms.